The molecule has 7 rings (SSSR count). The molecule has 354 valence electrons. The Balaban J connectivity index is 0.000000935. The summed E-state index contributed by atoms with van der Waals surface area (Å²) in [5.74, 6) is -2.49. The van der Waals surface area contributed by atoms with Crippen molar-refractivity contribution in [2.45, 2.75) is 34.2 Å². The molecule has 18 nitrogen and oxygen atoms in total. The first kappa shape index (κ1) is 65.9. The summed E-state index contributed by atoms with van der Waals surface area (Å²) in [6.07, 6.45) is 17.7. The van der Waals surface area contributed by atoms with Gasteiger partial charge in [0.25, 0.3) is 5.91 Å². The predicted molar refractivity (Wildman–Crippen MR) is 245 cm³/mol. The molecule has 0 unspecified atom stereocenters. The van der Waals surface area contributed by atoms with E-state index >= 15 is 0 Å². The van der Waals surface area contributed by atoms with Crippen LogP contribution >= 0.6 is 0 Å². The fraction of sp³-hybridized carbons (Fsp3) is 0.208. The fourth-order valence-electron chi connectivity index (χ4n) is 5.52. The normalized spacial score (nSPS) is 9.46. The van der Waals surface area contributed by atoms with Crippen molar-refractivity contribution in [1.29, 1.82) is 0 Å². The van der Waals surface area contributed by atoms with Crippen molar-refractivity contribution >= 4 is 57.3 Å². The summed E-state index contributed by atoms with van der Waals surface area (Å²) in [4.78, 5) is 86.9. The number of fused-ring (bicyclic) bond motifs is 2. The molecule has 0 bridgehead atoms. The van der Waals surface area contributed by atoms with Gasteiger partial charge in [-0.25, -0.2) is 14.4 Å². The van der Waals surface area contributed by atoms with Crippen LogP contribution in [0.15, 0.2) is 119 Å². The smallest absolute Gasteiger partial charge is 0.347 e. The van der Waals surface area contributed by atoms with E-state index in [1.54, 1.807) is 98.7 Å². The number of anilines is 2. The quantitative estimate of drug-likeness (QED) is 0.0399. The Morgan fingerprint density at radius 3 is 1.60 bits per heavy atom. The second-order valence-corrected chi connectivity index (χ2v) is 13.5. The maximum atomic E-state index is 12.4. The number of nitrogens with zero attached hydrogens (tertiary/aromatic N) is 6. The molecule has 1 amide bonds. The molecular weight excluding hydrogens is 1200 g/mol. The summed E-state index contributed by atoms with van der Waals surface area (Å²) in [6.45, 7) is 7.97. The molecule has 0 saturated heterocycles. The molecule has 0 aliphatic rings. The maximum Gasteiger partial charge on any atom is 0.347 e. The number of hydrogen-bond donors (Lipinski definition) is 3. The molecule has 0 saturated carbocycles. The zero-order valence-electron chi connectivity index (χ0n) is 39.4. The minimum absolute atomic E-state index is 0. The number of benzene rings is 1. The van der Waals surface area contributed by atoms with Crippen molar-refractivity contribution in [3.8, 4) is 0 Å². The molecule has 4 radical (unpaired) electrons. The number of pyridine rings is 6. The Bertz CT molecular complexity index is 2890. The number of nitrogens with one attached hydrogen (secondary N) is 2. The van der Waals surface area contributed by atoms with E-state index in [1.807, 2.05) is 31.2 Å². The number of nitrogen functional groups attached to an aromatic ring is 1. The number of carbonyl (C=O) groups excluding carboxylic acids is 4. The third-order valence-electron chi connectivity index (χ3n) is 8.74. The minimum atomic E-state index is -0.732. The molecular formula is C48H47N9O9Y4-4. The number of aryl methyl sites for hydroxylation is 3. The van der Waals surface area contributed by atoms with Gasteiger partial charge < -0.3 is 69.2 Å². The van der Waals surface area contributed by atoms with Gasteiger partial charge >= 0.3 is 17.9 Å². The number of amides is 1. The maximum absolute atomic E-state index is 12.4. The van der Waals surface area contributed by atoms with Crippen molar-refractivity contribution < 1.29 is 164 Å². The number of nitrogens with two attached hydrogens (primary N) is 1. The molecule has 7 aromatic rings. The Morgan fingerprint density at radius 2 is 1.14 bits per heavy atom. The van der Waals surface area contributed by atoms with Gasteiger partial charge in [0, 0.05) is 181 Å². The number of carbonyl (C=O) groups is 4. The van der Waals surface area contributed by atoms with Crippen LogP contribution in [0.2, 0.25) is 0 Å². The zero-order valence-corrected chi connectivity index (χ0v) is 50.7. The molecule has 0 spiro atoms. The standard InChI is InChI=1S/C18H16N3O2.C13H15N2O4.C12H11N2O3.C5H5N2.4Y/c1-12-5-7-13(8-6-12)10-20-18(23)14-11-21(2)15-4-3-9-19-16(15)17(14)22;1-3-18-12(16)11(13(17)19-4-2)9-15-10-6-5-7-14-8-10;1-3-17-12(16)8-7-14(2)9-5-4-6-13-10(9)11(8)15;6-5-2-1-3-7-4-5;;;;/h3-8,11H,10H2,1-2H3,(H,20,23);5-6,8-9,15H,3-4H2,1-2H3;4-5,7H,3H2,1-2H3;1-2,4H,6H2;;;;/q4*-1;;;;. The zero-order chi connectivity index (χ0) is 48.0. The number of esters is 3. The van der Waals surface area contributed by atoms with Crippen molar-refractivity contribution in [2.75, 3.05) is 30.9 Å². The van der Waals surface area contributed by atoms with E-state index in [0.717, 1.165) is 11.1 Å². The Kier molecular flexibility index (Phi) is 33.0. The van der Waals surface area contributed by atoms with E-state index in [2.05, 4.69) is 55.4 Å². The molecule has 6 aromatic heterocycles. The molecule has 0 atom stereocenters. The van der Waals surface area contributed by atoms with Gasteiger partial charge in [-0.2, -0.15) is 24.3 Å². The second kappa shape index (κ2) is 35.1. The minimum Gasteiger partial charge on any atom is -0.462 e. The van der Waals surface area contributed by atoms with E-state index < -0.39 is 29.2 Å². The Morgan fingerprint density at radius 1 is 0.657 bits per heavy atom. The molecule has 0 aliphatic carbocycles. The van der Waals surface area contributed by atoms with E-state index in [9.17, 15) is 28.8 Å². The van der Waals surface area contributed by atoms with Crippen LogP contribution in [0.25, 0.3) is 22.1 Å². The van der Waals surface area contributed by atoms with Gasteiger partial charge in [0.05, 0.1) is 25.4 Å². The van der Waals surface area contributed by atoms with Crippen LogP contribution in [0.5, 0.6) is 0 Å². The van der Waals surface area contributed by atoms with Crippen molar-refractivity contribution in [1.82, 2.24) is 34.4 Å². The van der Waals surface area contributed by atoms with Gasteiger partial charge in [-0.1, -0.05) is 78.4 Å². The molecule has 70 heavy (non-hydrogen) atoms. The largest absolute Gasteiger partial charge is 0.462 e. The van der Waals surface area contributed by atoms with E-state index in [4.69, 9.17) is 19.9 Å². The number of hydrogen-bond acceptors (Lipinski definition) is 15. The summed E-state index contributed by atoms with van der Waals surface area (Å²) >= 11 is 0. The van der Waals surface area contributed by atoms with E-state index in [-0.39, 0.29) is 184 Å². The molecule has 6 heterocycles. The van der Waals surface area contributed by atoms with Gasteiger partial charge in [0.1, 0.15) is 5.56 Å². The van der Waals surface area contributed by atoms with Crippen molar-refractivity contribution in [3.05, 3.63) is 177 Å². The van der Waals surface area contributed by atoms with Crippen LogP contribution < -0.4 is 27.2 Å². The second-order valence-electron chi connectivity index (χ2n) is 13.5. The van der Waals surface area contributed by atoms with E-state index in [1.165, 1.54) is 24.8 Å². The van der Waals surface area contributed by atoms with Crippen LogP contribution in [-0.4, -0.2) is 72.7 Å². The summed E-state index contributed by atoms with van der Waals surface area (Å²) in [7, 11) is 3.52. The summed E-state index contributed by atoms with van der Waals surface area (Å²) in [5.41, 5.74) is 9.58. The third-order valence-corrected chi connectivity index (χ3v) is 8.74. The van der Waals surface area contributed by atoms with Crippen LogP contribution in [0.4, 0.5) is 11.4 Å². The monoisotopic (exact) mass is 1250 g/mol. The SMILES string of the molecule is CCOC(=O)C(=CNc1cc[c-]nc1)C(=O)OCC.CCOC(=O)c1cn(C)c2cc[c-]nc2c1=O.Cc1ccc(CNC(=O)c2cn(C)c3cc[c-]nc3c2=O)cc1.Nc1cc[c-]nc1.[Y].[Y].[Y].[Y]. The van der Waals surface area contributed by atoms with Gasteiger partial charge in [-0.05, 0) is 44.3 Å². The van der Waals surface area contributed by atoms with Crippen LogP contribution in [-0.2, 0) is 175 Å². The summed E-state index contributed by atoms with van der Waals surface area (Å²) < 4.78 is 17.8. The first-order chi connectivity index (χ1) is 31.8. The van der Waals surface area contributed by atoms with Gasteiger partial charge in [0.15, 0.2) is 16.4 Å². The molecule has 0 fully saturated rings. The fourth-order valence-corrected chi connectivity index (χ4v) is 5.52. The summed E-state index contributed by atoms with van der Waals surface area (Å²) in [6, 6.07) is 21.3. The molecule has 22 heteroatoms. The number of ether oxygens (including phenoxy) is 3. The predicted octanol–water partition coefficient (Wildman–Crippen LogP) is 4.64. The van der Waals surface area contributed by atoms with Gasteiger partial charge in [0.2, 0.25) is 0 Å². The average molecular weight is 1250 g/mol. The van der Waals surface area contributed by atoms with Crippen molar-refractivity contribution in [3.63, 3.8) is 0 Å². The molecule has 0 aliphatic heterocycles. The number of aromatic nitrogens is 6. The number of rotatable bonds is 11. The van der Waals surface area contributed by atoms with Crippen LogP contribution in [0.1, 0.15) is 52.6 Å². The van der Waals surface area contributed by atoms with Gasteiger partial charge in [-0.3, -0.25) is 4.79 Å². The van der Waals surface area contributed by atoms with Gasteiger partial charge in [-0.15, -0.1) is 24.3 Å². The first-order valence-electron chi connectivity index (χ1n) is 20.2. The summed E-state index contributed by atoms with van der Waals surface area (Å²) in [5, 5.41) is 5.55. The topological polar surface area (TPSA) is 242 Å². The van der Waals surface area contributed by atoms with Crippen LogP contribution in [0, 0.1) is 31.7 Å². The van der Waals surface area contributed by atoms with Crippen LogP contribution in [0.3, 0.4) is 0 Å². The Hall–Kier alpha value is -4.12. The third kappa shape index (κ3) is 20.5. The van der Waals surface area contributed by atoms with Crippen molar-refractivity contribution in [2.24, 2.45) is 14.1 Å². The van der Waals surface area contributed by atoms with E-state index in [0.29, 0.717) is 29.0 Å². The first-order valence-corrected chi connectivity index (χ1v) is 20.2. The molecule has 4 N–H and O–H groups in total. The molecule has 1 aromatic carbocycles. The Labute approximate surface area is 505 Å². The average Bonchev–Trinajstić information content (AvgIpc) is 3.32.